The highest BCUT2D eigenvalue weighted by Crippen LogP contribution is 2.41. The first kappa shape index (κ1) is 18.8. The fraction of sp³-hybridized carbons (Fsp3) is 0.350. The maximum atomic E-state index is 14.2. The monoisotopic (exact) mass is 423 g/mol. The number of hydrogen-bond acceptors (Lipinski definition) is 2. The van der Waals surface area contributed by atoms with Crippen molar-refractivity contribution in [3.8, 4) is 0 Å². The molecule has 0 spiro atoms. The zero-order valence-corrected chi connectivity index (χ0v) is 16.4. The summed E-state index contributed by atoms with van der Waals surface area (Å²) >= 11 is 3.20. The molecular weight excluding hydrogens is 404 g/mol. The number of nitrogens with zero attached hydrogens (tertiary/aromatic N) is 1. The summed E-state index contributed by atoms with van der Waals surface area (Å²) in [6.07, 6.45) is 0.764. The molecule has 3 nitrogen and oxygen atoms in total. The molecule has 1 atom stereocenters. The Bertz CT molecular complexity index is 831. The molecule has 1 heterocycles. The van der Waals surface area contributed by atoms with Crippen LogP contribution in [0.4, 0.5) is 19.3 Å². The van der Waals surface area contributed by atoms with E-state index in [0.29, 0.717) is 23.0 Å². The van der Waals surface area contributed by atoms with Crippen LogP contribution in [-0.4, -0.2) is 11.7 Å². The Morgan fingerprint density at radius 2 is 1.85 bits per heavy atom. The summed E-state index contributed by atoms with van der Waals surface area (Å²) in [6.45, 7) is 5.35. The molecule has 0 N–H and O–H groups in total. The van der Waals surface area contributed by atoms with Crippen molar-refractivity contribution >= 4 is 27.7 Å². The number of amides is 1. The summed E-state index contributed by atoms with van der Waals surface area (Å²) in [4.78, 5) is 14.4. The highest BCUT2D eigenvalue weighted by Gasteiger charge is 2.35. The molecule has 1 aliphatic rings. The van der Waals surface area contributed by atoms with Gasteiger partial charge in [0, 0.05) is 0 Å². The van der Waals surface area contributed by atoms with Crippen LogP contribution < -0.4 is 4.90 Å². The molecule has 0 saturated carbocycles. The molecule has 1 unspecified atom stereocenters. The molecule has 0 saturated heterocycles. The second-order valence-electron chi connectivity index (χ2n) is 7.35. The zero-order chi connectivity index (χ0) is 19.1. The second-order valence-corrected chi connectivity index (χ2v) is 8.21. The number of rotatable bonds is 1. The van der Waals surface area contributed by atoms with Gasteiger partial charge in [0.2, 0.25) is 0 Å². The van der Waals surface area contributed by atoms with Crippen LogP contribution in [0.5, 0.6) is 0 Å². The molecule has 1 amide bonds. The van der Waals surface area contributed by atoms with Crippen molar-refractivity contribution in [3.05, 3.63) is 63.6 Å². The Kier molecular flexibility index (Phi) is 5.06. The first-order valence-electron chi connectivity index (χ1n) is 8.41. The molecule has 0 fully saturated rings. The fourth-order valence-corrected chi connectivity index (χ4v) is 3.52. The van der Waals surface area contributed by atoms with Crippen molar-refractivity contribution in [2.24, 2.45) is 0 Å². The third-order valence-electron chi connectivity index (χ3n) is 4.22. The van der Waals surface area contributed by atoms with Crippen LogP contribution in [-0.2, 0) is 11.2 Å². The van der Waals surface area contributed by atoms with Gasteiger partial charge in [0.1, 0.15) is 17.2 Å². The molecule has 0 bridgehead atoms. The molecule has 6 heteroatoms. The lowest BCUT2D eigenvalue weighted by molar-refractivity contribution is 0.0560. The van der Waals surface area contributed by atoms with Gasteiger partial charge in [-0.05, 0) is 84.9 Å². The van der Waals surface area contributed by atoms with Gasteiger partial charge in [-0.2, -0.15) is 0 Å². The number of halogens is 3. The third-order valence-corrected chi connectivity index (χ3v) is 4.83. The standard InChI is InChI=1S/C20H20BrF2NO2/c1-20(2,3)26-19(25)24-17(12-4-7-14(22)8-5-12)9-6-13-10-15(21)16(23)11-18(13)24/h4-5,7-8,10-11,17H,6,9H2,1-3H3. The van der Waals surface area contributed by atoms with E-state index in [1.165, 1.54) is 23.1 Å². The lowest BCUT2D eigenvalue weighted by Gasteiger charge is -2.38. The van der Waals surface area contributed by atoms with E-state index in [-0.39, 0.29) is 11.9 Å². The van der Waals surface area contributed by atoms with E-state index >= 15 is 0 Å². The third kappa shape index (κ3) is 3.90. The molecule has 3 rings (SSSR count). The molecule has 1 aliphatic heterocycles. The van der Waals surface area contributed by atoms with Gasteiger partial charge in [0.05, 0.1) is 16.2 Å². The molecule has 0 aromatic heterocycles. The van der Waals surface area contributed by atoms with E-state index in [2.05, 4.69) is 15.9 Å². The van der Waals surface area contributed by atoms with Crippen molar-refractivity contribution in [1.29, 1.82) is 0 Å². The first-order valence-corrected chi connectivity index (χ1v) is 9.20. The Morgan fingerprint density at radius 3 is 2.46 bits per heavy atom. The largest absolute Gasteiger partial charge is 0.443 e. The number of fused-ring (bicyclic) bond motifs is 1. The van der Waals surface area contributed by atoms with Crippen LogP contribution in [0.2, 0.25) is 0 Å². The number of hydrogen-bond donors (Lipinski definition) is 0. The molecule has 2 aromatic carbocycles. The van der Waals surface area contributed by atoms with E-state index in [4.69, 9.17) is 4.74 Å². The lowest BCUT2D eigenvalue weighted by atomic mass is 9.91. The van der Waals surface area contributed by atoms with Gasteiger partial charge < -0.3 is 4.74 Å². The normalized spacial score (nSPS) is 17.0. The zero-order valence-electron chi connectivity index (χ0n) is 14.9. The van der Waals surface area contributed by atoms with Crippen molar-refractivity contribution in [2.45, 2.75) is 45.3 Å². The van der Waals surface area contributed by atoms with E-state index < -0.39 is 17.5 Å². The van der Waals surface area contributed by atoms with E-state index in [9.17, 15) is 13.6 Å². The predicted octanol–water partition coefficient (Wildman–Crippen LogP) is 6.16. The summed E-state index contributed by atoms with van der Waals surface area (Å²) in [7, 11) is 0. The van der Waals surface area contributed by atoms with Crippen molar-refractivity contribution in [1.82, 2.24) is 0 Å². The van der Waals surface area contributed by atoms with Gasteiger partial charge in [-0.1, -0.05) is 12.1 Å². The van der Waals surface area contributed by atoms with Crippen LogP contribution in [0.1, 0.15) is 44.4 Å². The SMILES string of the molecule is CC(C)(C)OC(=O)N1c2cc(F)c(Br)cc2CCC1c1ccc(F)cc1. The maximum Gasteiger partial charge on any atom is 0.415 e. The number of carbonyl (C=O) groups is 1. The number of aryl methyl sites for hydroxylation is 1. The minimum Gasteiger partial charge on any atom is -0.443 e. The number of benzene rings is 2. The predicted molar refractivity (Wildman–Crippen MR) is 100 cm³/mol. The molecule has 2 aromatic rings. The minimum absolute atomic E-state index is 0.344. The fourth-order valence-electron chi connectivity index (χ4n) is 3.13. The maximum absolute atomic E-state index is 14.2. The van der Waals surface area contributed by atoms with Gasteiger partial charge in [0.25, 0.3) is 0 Å². The second kappa shape index (κ2) is 6.99. The topological polar surface area (TPSA) is 29.5 Å². The van der Waals surface area contributed by atoms with Gasteiger partial charge in [-0.25, -0.2) is 13.6 Å². The molecule has 0 aliphatic carbocycles. The number of carbonyl (C=O) groups excluding carboxylic acids is 1. The smallest absolute Gasteiger partial charge is 0.415 e. The Labute approximate surface area is 160 Å². The average Bonchev–Trinajstić information content (AvgIpc) is 2.54. The quantitative estimate of drug-likeness (QED) is 0.549. The van der Waals surface area contributed by atoms with Crippen LogP contribution in [0.15, 0.2) is 40.9 Å². The first-order chi connectivity index (χ1) is 12.2. The van der Waals surface area contributed by atoms with E-state index in [1.54, 1.807) is 39.0 Å². The van der Waals surface area contributed by atoms with Gasteiger partial charge in [-0.3, -0.25) is 4.90 Å². The molecule has 0 radical (unpaired) electrons. The summed E-state index contributed by atoms with van der Waals surface area (Å²) < 4.78 is 33.4. The Hall–Kier alpha value is -1.95. The average molecular weight is 424 g/mol. The summed E-state index contributed by atoms with van der Waals surface area (Å²) in [5.41, 5.74) is 1.45. The van der Waals surface area contributed by atoms with Gasteiger partial charge >= 0.3 is 6.09 Å². The van der Waals surface area contributed by atoms with Crippen LogP contribution >= 0.6 is 15.9 Å². The molecule has 138 valence electrons. The minimum atomic E-state index is -0.685. The van der Waals surface area contributed by atoms with Gasteiger partial charge in [-0.15, -0.1) is 0 Å². The lowest BCUT2D eigenvalue weighted by Crippen LogP contribution is -2.42. The summed E-state index contributed by atoms with van der Waals surface area (Å²) in [5.74, 6) is -0.791. The summed E-state index contributed by atoms with van der Waals surface area (Å²) in [6, 6.07) is 8.72. The van der Waals surface area contributed by atoms with E-state index in [0.717, 1.165) is 11.1 Å². The van der Waals surface area contributed by atoms with Crippen LogP contribution in [0.3, 0.4) is 0 Å². The number of ether oxygens (including phenoxy) is 1. The van der Waals surface area contributed by atoms with Crippen molar-refractivity contribution in [2.75, 3.05) is 4.90 Å². The highest BCUT2D eigenvalue weighted by molar-refractivity contribution is 9.10. The van der Waals surface area contributed by atoms with Crippen molar-refractivity contribution < 1.29 is 18.3 Å². The van der Waals surface area contributed by atoms with Crippen LogP contribution in [0.25, 0.3) is 0 Å². The Balaban J connectivity index is 2.08. The molecular formula is C20H20BrF2NO2. The van der Waals surface area contributed by atoms with Crippen molar-refractivity contribution in [3.63, 3.8) is 0 Å². The van der Waals surface area contributed by atoms with Gasteiger partial charge in [0.15, 0.2) is 0 Å². The highest BCUT2D eigenvalue weighted by atomic mass is 79.9. The summed E-state index contributed by atoms with van der Waals surface area (Å²) in [5, 5.41) is 0. The van der Waals surface area contributed by atoms with E-state index in [1.807, 2.05) is 0 Å². The Morgan fingerprint density at radius 1 is 1.19 bits per heavy atom. The van der Waals surface area contributed by atoms with Crippen LogP contribution in [0, 0.1) is 11.6 Å². The number of anilines is 1. The molecule has 26 heavy (non-hydrogen) atoms.